The molecule has 1 aliphatic heterocycles. The molecule has 0 unspecified atom stereocenters. The number of ether oxygens (including phenoxy) is 4. The highest BCUT2D eigenvalue weighted by Gasteiger charge is 2.43. The Morgan fingerprint density at radius 3 is 2.76 bits per heavy atom. The van der Waals surface area contributed by atoms with Gasteiger partial charge in [-0.2, -0.15) is 0 Å². The van der Waals surface area contributed by atoms with Gasteiger partial charge in [-0.25, -0.2) is 9.97 Å². The van der Waals surface area contributed by atoms with Gasteiger partial charge in [0, 0.05) is 41.7 Å². The summed E-state index contributed by atoms with van der Waals surface area (Å²) >= 11 is 8.28. The Kier molecular flexibility index (Phi) is 5.25. The van der Waals surface area contributed by atoms with Crippen LogP contribution >= 0.6 is 22.9 Å². The molecule has 0 radical (unpaired) electrons. The molecule has 4 heterocycles. The lowest BCUT2D eigenvalue weighted by molar-refractivity contribution is -0.171. The van der Waals surface area contributed by atoms with Gasteiger partial charge in [0.05, 0.1) is 9.90 Å². The van der Waals surface area contributed by atoms with Crippen LogP contribution in [0.2, 0.25) is 5.02 Å². The first-order chi connectivity index (χ1) is 16.2. The van der Waals surface area contributed by atoms with Gasteiger partial charge in [0.25, 0.3) is 0 Å². The zero-order valence-corrected chi connectivity index (χ0v) is 19.6. The lowest BCUT2D eigenvalue weighted by Gasteiger charge is -2.39. The number of thiazole rings is 1. The summed E-state index contributed by atoms with van der Waals surface area (Å²) in [6.07, 6.45) is 6.58. The molecule has 0 saturated heterocycles. The Balaban J connectivity index is 1.40. The lowest BCUT2D eigenvalue weighted by Crippen LogP contribution is -2.37. The van der Waals surface area contributed by atoms with E-state index in [1.165, 1.54) is 0 Å². The van der Waals surface area contributed by atoms with E-state index in [2.05, 4.69) is 16.0 Å². The van der Waals surface area contributed by atoms with Crippen molar-refractivity contribution in [1.82, 2.24) is 15.0 Å². The van der Waals surface area contributed by atoms with E-state index < -0.39 is 0 Å². The van der Waals surface area contributed by atoms with Crippen molar-refractivity contribution in [2.45, 2.75) is 24.9 Å². The van der Waals surface area contributed by atoms with E-state index in [4.69, 9.17) is 35.5 Å². The van der Waals surface area contributed by atoms with Crippen LogP contribution in [-0.4, -0.2) is 42.1 Å². The number of fused-ring (bicyclic) bond motifs is 2. The first-order valence-electron chi connectivity index (χ1n) is 10.8. The van der Waals surface area contributed by atoms with Gasteiger partial charge in [-0.1, -0.05) is 11.6 Å². The number of rotatable bonds is 6. The number of H-pyrrole nitrogens is 1. The summed E-state index contributed by atoms with van der Waals surface area (Å²) in [4.78, 5) is 13.7. The van der Waals surface area contributed by atoms with Gasteiger partial charge >= 0.3 is 0 Å². The van der Waals surface area contributed by atoms with E-state index >= 15 is 0 Å². The molecule has 170 valence electrons. The third-order valence-electron chi connectivity index (χ3n) is 6.22. The standard InChI is InChI=1S/C24H22ClN3O4S/c1-29-13-32-24(5-2-6-24)23-27-12-20(33-23)21-15-10-17(28-22(15)26-11-16(21)25)14-3-4-18-19(9-14)31-8-7-30-18/h3-4,9-12H,2,5-8,13H2,1H3,(H,26,28). The van der Waals surface area contributed by atoms with Crippen molar-refractivity contribution in [3.8, 4) is 33.2 Å². The maximum Gasteiger partial charge on any atom is 0.162 e. The maximum atomic E-state index is 6.66. The largest absolute Gasteiger partial charge is 0.486 e. The topological polar surface area (TPSA) is 78.5 Å². The minimum absolute atomic E-state index is 0.256. The van der Waals surface area contributed by atoms with E-state index in [1.54, 1.807) is 24.6 Å². The summed E-state index contributed by atoms with van der Waals surface area (Å²) in [5, 5.41) is 2.50. The van der Waals surface area contributed by atoms with Crippen LogP contribution < -0.4 is 9.47 Å². The molecular weight excluding hydrogens is 462 g/mol. The van der Waals surface area contributed by atoms with E-state index in [9.17, 15) is 0 Å². The van der Waals surface area contributed by atoms with Crippen molar-refractivity contribution < 1.29 is 18.9 Å². The summed E-state index contributed by atoms with van der Waals surface area (Å²) in [7, 11) is 1.64. The van der Waals surface area contributed by atoms with Crippen LogP contribution in [0.3, 0.4) is 0 Å². The number of halogens is 1. The fourth-order valence-electron chi connectivity index (χ4n) is 4.36. The van der Waals surface area contributed by atoms with Gasteiger partial charge in [-0.05, 0) is 43.5 Å². The van der Waals surface area contributed by atoms with Crippen LogP contribution in [-0.2, 0) is 15.1 Å². The number of aromatic amines is 1. The number of aromatic nitrogens is 3. The number of hydrogen-bond acceptors (Lipinski definition) is 7. The quantitative estimate of drug-likeness (QED) is 0.350. The van der Waals surface area contributed by atoms with E-state index in [1.807, 2.05) is 24.4 Å². The smallest absolute Gasteiger partial charge is 0.162 e. The van der Waals surface area contributed by atoms with E-state index in [0.29, 0.717) is 18.2 Å². The van der Waals surface area contributed by atoms with E-state index in [-0.39, 0.29) is 12.4 Å². The van der Waals surface area contributed by atoms with Crippen LogP contribution in [0.4, 0.5) is 0 Å². The monoisotopic (exact) mass is 483 g/mol. The summed E-state index contributed by atoms with van der Waals surface area (Å²) in [6, 6.07) is 8.01. The number of nitrogens with one attached hydrogen (secondary N) is 1. The average molecular weight is 484 g/mol. The van der Waals surface area contributed by atoms with Crippen LogP contribution in [0.1, 0.15) is 24.3 Å². The molecule has 33 heavy (non-hydrogen) atoms. The molecule has 0 bridgehead atoms. The minimum atomic E-state index is -0.355. The zero-order valence-electron chi connectivity index (χ0n) is 18.0. The Morgan fingerprint density at radius 2 is 1.97 bits per heavy atom. The second kappa shape index (κ2) is 8.29. The normalized spacial score (nSPS) is 16.7. The molecule has 0 atom stereocenters. The molecule has 0 spiro atoms. The van der Waals surface area contributed by atoms with Crippen molar-refractivity contribution >= 4 is 34.0 Å². The predicted octanol–water partition coefficient (Wildman–Crippen LogP) is 5.78. The zero-order chi connectivity index (χ0) is 22.4. The maximum absolute atomic E-state index is 6.66. The fraction of sp³-hybridized carbons (Fsp3) is 0.333. The summed E-state index contributed by atoms with van der Waals surface area (Å²) < 4.78 is 22.6. The molecule has 1 saturated carbocycles. The fourth-order valence-corrected chi connectivity index (χ4v) is 5.86. The van der Waals surface area contributed by atoms with Gasteiger partial charge in [-0.15, -0.1) is 11.3 Å². The van der Waals surface area contributed by atoms with Crippen molar-refractivity contribution in [1.29, 1.82) is 0 Å². The van der Waals surface area contributed by atoms with Crippen molar-refractivity contribution in [3.05, 3.63) is 46.7 Å². The number of hydrogen-bond donors (Lipinski definition) is 1. The van der Waals surface area contributed by atoms with Gasteiger partial charge in [0.15, 0.2) is 11.5 Å². The second-order valence-electron chi connectivity index (χ2n) is 8.21. The summed E-state index contributed by atoms with van der Waals surface area (Å²) in [5.74, 6) is 1.51. The van der Waals surface area contributed by atoms with Crippen molar-refractivity contribution in [2.75, 3.05) is 27.1 Å². The molecule has 9 heteroatoms. The third-order valence-corrected chi connectivity index (χ3v) is 7.71. The second-order valence-corrected chi connectivity index (χ2v) is 9.65. The molecule has 6 rings (SSSR count). The van der Waals surface area contributed by atoms with Crippen LogP contribution in [0, 0.1) is 0 Å². The molecule has 1 aromatic carbocycles. The number of nitrogens with zero attached hydrogens (tertiary/aromatic N) is 2. The van der Waals surface area contributed by atoms with Gasteiger partial charge in [-0.3, -0.25) is 0 Å². The van der Waals surface area contributed by atoms with E-state index in [0.717, 1.165) is 68.5 Å². The molecule has 1 fully saturated rings. The average Bonchev–Trinajstić information content (AvgIpc) is 3.46. The summed E-state index contributed by atoms with van der Waals surface area (Å²) in [6.45, 7) is 1.37. The molecule has 2 aliphatic rings. The number of methoxy groups -OCH3 is 1. The number of benzene rings is 1. The third kappa shape index (κ3) is 3.58. The number of pyridine rings is 1. The molecule has 1 aliphatic carbocycles. The highest BCUT2D eigenvalue weighted by atomic mass is 35.5. The van der Waals surface area contributed by atoms with Crippen LogP contribution in [0.15, 0.2) is 36.7 Å². The molecule has 0 amide bonds. The van der Waals surface area contributed by atoms with Crippen LogP contribution in [0.5, 0.6) is 11.5 Å². The molecule has 1 N–H and O–H groups in total. The first kappa shape index (κ1) is 20.9. The Bertz CT molecular complexity index is 1330. The highest BCUT2D eigenvalue weighted by molar-refractivity contribution is 7.15. The SMILES string of the molecule is COCOC1(c2ncc(-c3c(Cl)cnc4[nH]c(-c5ccc6c(c5)OCCO6)cc34)s2)CCC1. The molecule has 3 aromatic heterocycles. The summed E-state index contributed by atoms with van der Waals surface area (Å²) in [5.41, 5.74) is 3.26. The first-order valence-corrected chi connectivity index (χ1v) is 12.0. The Hall–Kier alpha value is -2.65. The minimum Gasteiger partial charge on any atom is -0.486 e. The van der Waals surface area contributed by atoms with Gasteiger partial charge < -0.3 is 23.9 Å². The Labute approximate surface area is 199 Å². The van der Waals surface area contributed by atoms with Crippen molar-refractivity contribution in [2.24, 2.45) is 0 Å². The predicted molar refractivity (Wildman–Crippen MR) is 127 cm³/mol. The van der Waals surface area contributed by atoms with Gasteiger partial charge in [0.1, 0.15) is 36.3 Å². The van der Waals surface area contributed by atoms with Crippen LogP contribution in [0.25, 0.3) is 32.7 Å². The molecular formula is C24H22ClN3O4S. The Morgan fingerprint density at radius 1 is 1.12 bits per heavy atom. The van der Waals surface area contributed by atoms with Crippen molar-refractivity contribution in [3.63, 3.8) is 0 Å². The highest BCUT2D eigenvalue weighted by Crippen LogP contribution is 2.48. The lowest BCUT2D eigenvalue weighted by atomic mass is 9.80. The van der Waals surface area contributed by atoms with Gasteiger partial charge in [0.2, 0.25) is 0 Å². The molecule has 4 aromatic rings. The molecule has 7 nitrogen and oxygen atoms in total.